The lowest BCUT2D eigenvalue weighted by Gasteiger charge is -2.34. The average Bonchev–Trinajstić information content (AvgIpc) is 2.64. The van der Waals surface area contributed by atoms with Gasteiger partial charge in [-0.25, -0.2) is 0 Å². The fraction of sp³-hybridized carbons (Fsp3) is 0.739. The van der Waals surface area contributed by atoms with Crippen LogP contribution in [0.25, 0.3) is 0 Å². The Morgan fingerprint density at radius 1 is 0.680 bits per heavy atom. The van der Waals surface area contributed by atoms with E-state index in [0.717, 1.165) is 19.4 Å². The summed E-state index contributed by atoms with van der Waals surface area (Å²) in [5.74, 6) is 0. The monoisotopic (exact) mass is 367 g/mol. The second kappa shape index (κ2) is 15.7. The minimum absolute atomic E-state index is 0. The van der Waals surface area contributed by atoms with E-state index < -0.39 is 0 Å². The molecule has 0 unspecified atom stereocenters. The van der Waals surface area contributed by atoms with E-state index >= 15 is 0 Å². The molecule has 0 spiro atoms. The van der Waals surface area contributed by atoms with Gasteiger partial charge in [-0.1, -0.05) is 109 Å². The van der Waals surface area contributed by atoms with E-state index in [1.54, 1.807) is 0 Å². The van der Waals surface area contributed by atoms with Crippen molar-refractivity contribution in [1.29, 1.82) is 0 Å². The third-order valence-electron chi connectivity index (χ3n) is 5.53. The smallest absolute Gasteiger partial charge is 0.0429 e. The third kappa shape index (κ3) is 9.66. The molecular weight excluding hydrogens is 326 g/mol. The number of halogens is 1. The standard InChI is InChI=1S/C23H41N.ClH/c1-4-7-8-9-10-11-12-13-14-18-21-24-23(5-2,6-3)22-19-16-15-17-20-22;/h15-17,19-20,24H,4-14,18,21H2,1-3H3;1H. The van der Waals surface area contributed by atoms with E-state index in [2.05, 4.69) is 56.4 Å². The Labute approximate surface area is 163 Å². The number of unbranched alkanes of at least 4 members (excludes halogenated alkanes) is 9. The first-order chi connectivity index (χ1) is 11.8. The molecule has 1 nitrogen and oxygen atoms in total. The Hall–Kier alpha value is -0.530. The minimum Gasteiger partial charge on any atom is -0.307 e. The molecule has 0 heterocycles. The van der Waals surface area contributed by atoms with Crippen LogP contribution < -0.4 is 5.32 Å². The molecule has 0 fully saturated rings. The molecule has 0 atom stereocenters. The summed E-state index contributed by atoms with van der Waals surface area (Å²) in [4.78, 5) is 0. The largest absolute Gasteiger partial charge is 0.307 e. The van der Waals surface area contributed by atoms with Gasteiger partial charge >= 0.3 is 0 Å². The molecule has 1 aromatic carbocycles. The fourth-order valence-corrected chi connectivity index (χ4v) is 3.71. The SMILES string of the molecule is CCCCCCCCCCCCNC(CC)(CC)c1ccccc1.Cl. The predicted octanol–water partition coefficient (Wildman–Crippen LogP) is 7.63. The minimum atomic E-state index is 0. The first-order valence-electron chi connectivity index (χ1n) is 10.6. The van der Waals surface area contributed by atoms with Crippen molar-refractivity contribution in [3.8, 4) is 0 Å². The van der Waals surface area contributed by atoms with Crippen molar-refractivity contribution in [3.05, 3.63) is 35.9 Å². The van der Waals surface area contributed by atoms with Gasteiger partial charge in [0.05, 0.1) is 0 Å². The van der Waals surface area contributed by atoms with Gasteiger partial charge in [-0.15, -0.1) is 12.4 Å². The Morgan fingerprint density at radius 2 is 1.16 bits per heavy atom. The molecule has 0 aliphatic rings. The van der Waals surface area contributed by atoms with Crippen LogP contribution in [-0.4, -0.2) is 6.54 Å². The van der Waals surface area contributed by atoms with Gasteiger partial charge in [-0.3, -0.25) is 0 Å². The molecule has 146 valence electrons. The normalized spacial score (nSPS) is 11.3. The number of rotatable bonds is 15. The summed E-state index contributed by atoms with van der Waals surface area (Å²) in [6.07, 6.45) is 16.4. The van der Waals surface area contributed by atoms with Crippen LogP contribution in [0.5, 0.6) is 0 Å². The second-order valence-corrected chi connectivity index (χ2v) is 7.26. The lowest BCUT2D eigenvalue weighted by Crippen LogP contribution is -2.41. The van der Waals surface area contributed by atoms with Crippen LogP contribution in [-0.2, 0) is 5.54 Å². The number of benzene rings is 1. The Bertz CT molecular complexity index is 386. The molecule has 0 saturated heterocycles. The molecule has 0 aliphatic carbocycles. The molecule has 1 N–H and O–H groups in total. The maximum Gasteiger partial charge on any atom is 0.0429 e. The molecule has 25 heavy (non-hydrogen) atoms. The lowest BCUT2D eigenvalue weighted by atomic mass is 9.84. The van der Waals surface area contributed by atoms with Crippen molar-refractivity contribution in [1.82, 2.24) is 5.32 Å². The summed E-state index contributed by atoms with van der Waals surface area (Å²) in [6, 6.07) is 11.0. The first-order valence-corrected chi connectivity index (χ1v) is 10.6. The number of hydrogen-bond acceptors (Lipinski definition) is 1. The molecule has 0 saturated carbocycles. The predicted molar refractivity (Wildman–Crippen MR) is 116 cm³/mol. The van der Waals surface area contributed by atoms with Gasteiger partial charge in [0, 0.05) is 5.54 Å². The van der Waals surface area contributed by atoms with E-state index in [1.165, 1.54) is 69.8 Å². The first kappa shape index (κ1) is 24.5. The summed E-state index contributed by atoms with van der Waals surface area (Å²) in [5, 5.41) is 3.87. The van der Waals surface area contributed by atoms with Crippen LogP contribution in [0.3, 0.4) is 0 Å². The summed E-state index contributed by atoms with van der Waals surface area (Å²) in [5.41, 5.74) is 1.61. The maximum atomic E-state index is 3.87. The quantitative estimate of drug-likeness (QED) is 0.314. The summed E-state index contributed by atoms with van der Waals surface area (Å²) in [7, 11) is 0. The number of nitrogens with one attached hydrogen (secondary N) is 1. The van der Waals surface area contributed by atoms with Crippen LogP contribution in [0.15, 0.2) is 30.3 Å². The zero-order chi connectivity index (χ0) is 17.5. The molecule has 2 heteroatoms. The highest BCUT2D eigenvalue weighted by Crippen LogP contribution is 2.28. The van der Waals surface area contributed by atoms with Gasteiger partial charge in [0.15, 0.2) is 0 Å². The van der Waals surface area contributed by atoms with E-state index in [9.17, 15) is 0 Å². The Kier molecular flexibility index (Phi) is 15.4. The van der Waals surface area contributed by atoms with Gasteiger partial charge in [0.1, 0.15) is 0 Å². The summed E-state index contributed by atoms with van der Waals surface area (Å²) < 4.78 is 0. The van der Waals surface area contributed by atoms with E-state index in [1.807, 2.05) is 0 Å². The molecule has 0 amide bonds. The Balaban J connectivity index is 0.00000576. The number of hydrogen-bond donors (Lipinski definition) is 1. The summed E-state index contributed by atoms with van der Waals surface area (Å²) in [6.45, 7) is 8.05. The molecular formula is C23H42ClN. The second-order valence-electron chi connectivity index (χ2n) is 7.26. The van der Waals surface area contributed by atoms with E-state index in [-0.39, 0.29) is 17.9 Å². The highest BCUT2D eigenvalue weighted by molar-refractivity contribution is 5.85. The van der Waals surface area contributed by atoms with Crippen molar-refractivity contribution >= 4 is 12.4 Å². The van der Waals surface area contributed by atoms with Crippen molar-refractivity contribution in [2.45, 2.75) is 103 Å². The van der Waals surface area contributed by atoms with Gasteiger partial charge in [0.25, 0.3) is 0 Å². The van der Waals surface area contributed by atoms with Crippen LogP contribution in [0.4, 0.5) is 0 Å². The van der Waals surface area contributed by atoms with Crippen molar-refractivity contribution < 1.29 is 0 Å². The zero-order valence-corrected chi connectivity index (χ0v) is 17.8. The molecule has 0 aliphatic heterocycles. The van der Waals surface area contributed by atoms with E-state index in [4.69, 9.17) is 0 Å². The fourth-order valence-electron chi connectivity index (χ4n) is 3.71. The Morgan fingerprint density at radius 3 is 1.64 bits per heavy atom. The van der Waals surface area contributed by atoms with Gasteiger partial charge < -0.3 is 5.32 Å². The summed E-state index contributed by atoms with van der Waals surface area (Å²) >= 11 is 0. The van der Waals surface area contributed by atoms with Crippen molar-refractivity contribution in [3.63, 3.8) is 0 Å². The topological polar surface area (TPSA) is 12.0 Å². The molecule has 1 rings (SSSR count). The highest BCUT2D eigenvalue weighted by Gasteiger charge is 2.26. The van der Waals surface area contributed by atoms with Crippen LogP contribution in [0.2, 0.25) is 0 Å². The van der Waals surface area contributed by atoms with Crippen LogP contribution >= 0.6 is 12.4 Å². The van der Waals surface area contributed by atoms with Gasteiger partial charge in [-0.05, 0) is 31.4 Å². The molecule has 0 radical (unpaired) electrons. The van der Waals surface area contributed by atoms with Gasteiger partial charge in [0.2, 0.25) is 0 Å². The van der Waals surface area contributed by atoms with Gasteiger partial charge in [-0.2, -0.15) is 0 Å². The maximum absolute atomic E-state index is 3.87. The lowest BCUT2D eigenvalue weighted by molar-refractivity contribution is 0.305. The van der Waals surface area contributed by atoms with E-state index in [0.29, 0.717) is 0 Å². The highest BCUT2D eigenvalue weighted by atomic mass is 35.5. The van der Waals surface area contributed by atoms with Crippen molar-refractivity contribution in [2.24, 2.45) is 0 Å². The average molecular weight is 368 g/mol. The molecule has 0 aromatic heterocycles. The van der Waals surface area contributed by atoms with Crippen LogP contribution in [0.1, 0.15) is 103 Å². The molecule has 0 bridgehead atoms. The molecule has 1 aromatic rings. The van der Waals surface area contributed by atoms with Crippen molar-refractivity contribution in [2.75, 3.05) is 6.54 Å². The zero-order valence-electron chi connectivity index (χ0n) is 17.0. The third-order valence-corrected chi connectivity index (χ3v) is 5.53. The van der Waals surface area contributed by atoms with Crippen LogP contribution in [0, 0.1) is 0 Å².